The Kier molecular flexibility index (Phi) is 8.49. The van der Waals surface area contributed by atoms with E-state index in [4.69, 9.17) is 4.74 Å². The Morgan fingerprint density at radius 3 is 2.38 bits per heavy atom. The molecule has 1 rings (SSSR count). The van der Waals surface area contributed by atoms with Crippen LogP contribution in [0.1, 0.15) is 38.8 Å². The molecule has 0 fully saturated rings. The molecule has 1 atom stereocenters. The van der Waals surface area contributed by atoms with E-state index >= 15 is 0 Å². The molecule has 1 unspecified atom stereocenters. The normalized spacial score (nSPS) is 12.1. The second-order valence-corrected chi connectivity index (χ2v) is 4.96. The van der Waals surface area contributed by atoms with Crippen molar-refractivity contribution in [3.63, 3.8) is 0 Å². The predicted molar refractivity (Wildman–Crippen MR) is 86.4 cm³/mol. The Balaban J connectivity index is 2.50. The first kappa shape index (κ1) is 17.5. The van der Waals surface area contributed by atoms with E-state index < -0.39 is 0 Å². The number of likely N-dealkylation sites (N-methyl/N-ethyl adjacent to an activating group) is 1. The molecule has 0 aliphatic rings. The van der Waals surface area contributed by atoms with Gasteiger partial charge in [-0.05, 0) is 37.2 Å². The van der Waals surface area contributed by atoms with Crippen LogP contribution in [0.4, 0.5) is 0 Å². The predicted octanol–water partition coefficient (Wildman–Crippen LogP) is 2.97. The standard InChI is InChI=1S/C17H27N3O/c1-4-13-21-16-9-7-15(8-10-16)17(14-18)19-11-12-20(5-2)6-3/h7-10,17,19H,4-6,11-13H2,1-3H3. The van der Waals surface area contributed by atoms with Crippen molar-refractivity contribution in [3.8, 4) is 11.8 Å². The lowest BCUT2D eigenvalue weighted by Gasteiger charge is -2.19. The molecular weight excluding hydrogens is 262 g/mol. The maximum absolute atomic E-state index is 9.31. The molecule has 0 spiro atoms. The fourth-order valence-electron chi connectivity index (χ4n) is 2.12. The zero-order valence-corrected chi connectivity index (χ0v) is 13.4. The third-order valence-corrected chi connectivity index (χ3v) is 3.49. The van der Waals surface area contributed by atoms with Gasteiger partial charge in [0.05, 0.1) is 12.7 Å². The Morgan fingerprint density at radius 1 is 1.19 bits per heavy atom. The van der Waals surface area contributed by atoms with E-state index in [1.807, 2.05) is 24.3 Å². The van der Waals surface area contributed by atoms with Gasteiger partial charge in [0.2, 0.25) is 0 Å². The minimum atomic E-state index is -0.263. The summed E-state index contributed by atoms with van der Waals surface area (Å²) in [4.78, 5) is 2.34. The highest BCUT2D eigenvalue weighted by atomic mass is 16.5. The van der Waals surface area contributed by atoms with Crippen molar-refractivity contribution < 1.29 is 4.74 Å². The van der Waals surface area contributed by atoms with Crippen LogP contribution in [0.2, 0.25) is 0 Å². The Morgan fingerprint density at radius 2 is 1.86 bits per heavy atom. The van der Waals surface area contributed by atoms with Gasteiger partial charge in [-0.1, -0.05) is 32.9 Å². The lowest BCUT2D eigenvalue weighted by Crippen LogP contribution is -2.33. The maximum atomic E-state index is 9.31. The molecule has 1 aromatic rings. The molecule has 116 valence electrons. The van der Waals surface area contributed by atoms with Gasteiger partial charge in [0, 0.05) is 13.1 Å². The van der Waals surface area contributed by atoms with Crippen molar-refractivity contribution in [2.45, 2.75) is 33.2 Å². The SMILES string of the molecule is CCCOc1ccc(C(C#N)NCCN(CC)CC)cc1. The van der Waals surface area contributed by atoms with Gasteiger partial charge in [0.1, 0.15) is 11.8 Å². The summed E-state index contributed by atoms with van der Waals surface area (Å²) in [6, 6.07) is 9.84. The smallest absolute Gasteiger partial charge is 0.121 e. The molecule has 0 bridgehead atoms. The molecule has 0 aliphatic carbocycles. The van der Waals surface area contributed by atoms with E-state index in [0.29, 0.717) is 0 Å². The van der Waals surface area contributed by atoms with Crippen LogP contribution in [0, 0.1) is 11.3 Å². The number of nitrogens with one attached hydrogen (secondary N) is 1. The molecule has 4 nitrogen and oxygen atoms in total. The molecule has 0 amide bonds. The van der Waals surface area contributed by atoms with Crippen molar-refractivity contribution in [1.82, 2.24) is 10.2 Å². The third kappa shape index (κ3) is 6.16. The number of benzene rings is 1. The van der Waals surface area contributed by atoms with Gasteiger partial charge >= 0.3 is 0 Å². The summed E-state index contributed by atoms with van der Waals surface area (Å²) in [5.41, 5.74) is 0.987. The van der Waals surface area contributed by atoms with Gasteiger partial charge in [-0.2, -0.15) is 5.26 Å². The van der Waals surface area contributed by atoms with Gasteiger partial charge in [-0.15, -0.1) is 0 Å². The van der Waals surface area contributed by atoms with E-state index in [-0.39, 0.29) is 6.04 Å². The molecule has 21 heavy (non-hydrogen) atoms. The van der Waals surface area contributed by atoms with Crippen LogP contribution >= 0.6 is 0 Å². The lowest BCUT2D eigenvalue weighted by atomic mass is 10.1. The van der Waals surface area contributed by atoms with Crippen molar-refractivity contribution >= 4 is 0 Å². The number of hydrogen-bond donors (Lipinski definition) is 1. The third-order valence-electron chi connectivity index (χ3n) is 3.49. The summed E-state index contributed by atoms with van der Waals surface area (Å²) in [5.74, 6) is 0.862. The van der Waals surface area contributed by atoms with Crippen LogP contribution in [-0.2, 0) is 0 Å². The molecule has 1 aromatic carbocycles. The highest BCUT2D eigenvalue weighted by molar-refractivity contribution is 5.31. The summed E-state index contributed by atoms with van der Waals surface area (Å²) in [6.07, 6.45) is 0.996. The molecule has 0 saturated heterocycles. The van der Waals surface area contributed by atoms with Crippen LogP contribution in [0.5, 0.6) is 5.75 Å². The van der Waals surface area contributed by atoms with E-state index in [9.17, 15) is 5.26 Å². The van der Waals surface area contributed by atoms with Gasteiger partial charge in [0.25, 0.3) is 0 Å². The van der Waals surface area contributed by atoms with Crippen LogP contribution < -0.4 is 10.1 Å². The van der Waals surface area contributed by atoms with Gasteiger partial charge < -0.3 is 9.64 Å². The first-order chi connectivity index (χ1) is 10.2. The molecule has 4 heteroatoms. The summed E-state index contributed by atoms with van der Waals surface area (Å²) in [5, 5.41) is 12.6. The molecule has 0 radical (unpaired) electrons. The highest BCUT2D eigenvalue weighted by Crippen LogP contribution is 2.17. The van der Waals surface area contributed by atoms with Gasteiger partial charge in [0.15, 0.2) is 0 Å². The fourth-order valence-corrected chi connectivity index (χ4v) is 2.12. The van der Waals surface area contributed by atoms with Crippen LogP contribution in [0.15, 0.2) is 24.3 Å². The van der Waals surface area contributed by atoms with Crippen molar-refractivity contribution in [2.24, 2.45) is 0 Å². The topological polar surface area (TPSA) is 48.3 Å². The quantitative estimate of drug-likeness (QED) is 0.719. The van der Waals surface area contributed by atoms with E-state index in [2.05, 4.69) is 37.1 Å². The highest BCUT2D eigenvalue weighted by Gasteiger charge is 2.10. The van der Waals surface area contributed by atoms with Crippen molar-refractivity contribution in [3.05, 3.63) is 29.8 Å². The zero-order chi connectivity index (χ0) is 15.5. The number of nitrogens with zero attached hydrogens (tertiary/aromatic N) is 2. The Hall–Kier alpha value is -1.57. The number of rotatable bonds is 10. The van der Waals surface area contributed by atoms with E-state index in [1.165, 1.54) is 0 Å². The average Bonchev–Trinajstić information content (AvgIpc) is 2.54. The average molecular weight is 289 g/mol. The summed E-state index contributed by atoms with van der Waals surface area (Å²) < 4.78 is 5.56. The molecule has 1 N–H and O–H groups in total. The van der Waals surface area contributed by atoms with Crippen LogP contribution in [0.25, 0.3) is 0 Å². The van der Waals surface area contributed by atoms with Crippen molar-refractivity contribution in [2.75, 3.05) is 32.8 Å². The summed E-state index contributed by atoms with van der Waals surface area (Å²) in [6.45, 7) is 11.0. The maximum Gasteiger partial charge on any atom is 0.121 e. The molecular formula is C17H27N3O. The molecule has 0 saturated carbocycles. The van der Waals surface area contributed by atoms with Gasteiger partial charge in [-0.25, -0.2) is 0 Å². The number of ether oxygens (including phenoxy) is 1. The second kappa shape index (κ2) is 10.2. The molecule has 0 aliphatic heterocycles. The molecule has 0 heterocycles. The van der Waals surface area contributed by atoms with E-state index in [1.54, 1.807) is 0 Å². The first-order valence-electron chi connectivity index (χ1n) is 7.83. The Bertz CT molecular complexity index is 421. The Labute approximate surface area is 128 Å². The van der Waals surface area contributed by atoms with E-state index in [0.717, 1.165) is 50.5 Å². The monoisotopic (exact) mass is 289 g/mol. The summed E-state index contributed by atoms with van der Waals surface area (Å²) >= 11 is 0. The first-order valence-corrected chi connectivity index (χ1v) is 7.83. The van der Waals surface area contributed by atoms with Crippen LogP contribution in [-0.4, -0.2) is 37.7 Å². The number of hydrogen-bond acceptors (Lipinski definition) is 4. The van der Waals surface area contributed by atoms with Crippen molar-refractivity contribution in [1.29, 1.82) is 5.26 Å². The lowest BCUT2D eigenvalue weighted by molar-refractivity contribution is 0.300. The minimum absolute atomic E-state index is 0.263. The second-order valence-electron chi connectivity index (χ2n) is 4.96. The minimum Gasteiger partial charge on any atom is -0.494 e. The zero-order valence-electron chi connectivity index (χ0n) is 13.4. The summed E-state index contributed by atoms with van der Waals surface area (Å²) in [7, 11) is 0. The number of nitriles is 1. The largest absolute Gasteiger partial charge is 0.494 e. The molecule has 0 aromatic heterocycles. The fraction of sp³-hybridized carbons (Fsp3) is 0.588. The van der Waals surface area contributed by atoms with Crippen LogP contribution in [0.3, 0.4) is 0 Å². The van der Waals surface area contributed by atoms with Gasteiger partial charge in [-0.3, -0.25) is 5.32 Å².